The van der Waals surface area contributed by atoms with Crippen molar-refractivity contribution in [1.82, 2.24) is 24.1 Å². The van der Waals surface area contributed by atoms with Crippen LogP contribution in [0.2, 0.25) is 0 Å². The zero-order valence-corrected chi connectivity index (χ0v) is 16.4. The second kappa shape index (κ2) is 8.00. The van der Waals surface area contributed by atoms with Crippen molar-refractivity contribution in [2.45, 2.75) is 6.54 Å². The van der Waals surface area contributed by atoms with E-state index in [4.69, 9.17) is 9.47 Å². The molecule has 0 aliphatic rings. The number of methoxy groups -OCH3 is 2. The van der Waals surface area contributed by atoms with Crippen molar-refractivity contribution >= 4 is 23.3 Å². The van der Waals surface area contributed by atoms with Crippen molar-refractivity contribution in [2.24, 2.45) is 19.2 Å². The second-order valence-corrected chi connectivity index (χ2v) is 6.13. The lowest BCUT2D eigenvalue weighted by Gasteiger charge is -2.09. The minimum absolute atomic E-state index is 0.156. The molecule has 0 aliphatic heterocycles. The number of hydrogen-bond acceptors (Lipinski definition) is 7. The van der Waals surface area contributed by atoms with E-state index in [1.807, 2.05) is 0 Å². The highest BCUT2D eigenvalue weighted by atomic mass is 16.5. The summed E-state index contributed by atoms with van der Waals surface area (Å²) in [6.45, 7) is -0.198. The van der Waals surface area contributed by atoms with Crippen LogP contribution in [0.4, 0.5) is 0 Å². The molecule has 1 amide bonds. The van der Waals surface area contributed by atoms with Crippen molar-refractivity contribution in [3.8, 4) is 11.5 Å². The Bertz CT molecular complexity index is 1220. The zero-order chi connectivity index (χ0) is 21.1. The number of aryl methyl sites for hydroxylation is 1. The Balaban J connectivity index is 1.80. The van der Waals surface area contributed by atoms with E-state index in [1.165, 1.54) is 50.0 Å². The highest BCUT2D eigenvalue weighted by Gasteiger charge is 2.15. The summed E-state index contributed by atoms with van der Waals surface area (Å²) in [7, 11) is 5.91. The average molecular weight is 400 g/mol. The lowest BCUT2D eigenvalue weighted by atomic mass is 10.2. The van der Waals surface area contributed by atoms with Crippen molar-refractivity contribution in [2.75, 3.05) is 14.2 Å². The van der Waals surface area contributed by atoms with Crippen molar-refractivity contribution < 1.29 is 14.3 Å². The summed E-state index contributed by atoms with van der Waals surface area (Å²) >= 11 is 0. The topological polar surface area (TPSA) is 122 Å². The van der Waals surface area contributed by atoms with Crippen molar-refractivity contribution in [3.05, 3.63) is 50.9 Å². The molecule has 29 heavy (non-hydrogen) atoms. The van der Waals surface area contributed by atoms with Gasteiger partial charge in [-0.2, -0.15) is 5.10 Å². The summed E-state index contributed by atoms with van der Waals surface area (Å²) in [5, 5.41) is 3.93. The number of ether oxygens (including phenoxy) is 2. The number of hydrogen-bond donors (Lipinski definition) is 1. The first-order chi connectivity index (χ1) is 13.9. The summed E-state index contributed by atoms with van der Waals surface area (Å²) in [6, 6.07) is 5.26. The summed E-state index contributed by atoms with van der Waals surface area (Å²) in [5.74, 6) is 0.547. The molecule has 0 saturated heterocycles. The molecule has 0 unspecified atom stereocenters. The quantitative estimate of drug-likeness (QED) is 0.444. The maximum absolute atomic E-state index is 12.4. The normalized spacial score (nSPS) is 11.2. The fraction of sp³-hybridized carbons (Fsp3) is 0.278. The molecular weight excluding hydrogens is 380 g/mol. The maximum atomic E-state index is 12.4. The van der Waals surface area contributed by atoms with Crippen LogP contribution in [-0.2, 0) is 25.4 Å². The molecule has 1 N–H and O–H groups in total. The van der Waals surface area contributed by atoms with E-state index in [9.17, 15) is 14.4 Å². The zero-order valence-electron chi connectivity index (χ0n) is 16.4. The summed E-state index contributed by atoms with van der Waals surface area (Å²) in [6.07, 6.45) is 2.76. The molecule has 3 aromatic rings. The molecule has 0 fully saturated rings. The molecule has 0 spiro atoms. The van der Waals surface area contributed by atoms with E-state index >= 15 is 0 Å². The number of rotatable bonds is 6. The number of imidazole rings is 1. The van der Waals surface area contributed by atoms with Gasteiger partial charge in [0.25, 0.3) is 11.5 Å². The van der Waals surface area contributed by atoms with Crippen LogP contribution in [0, 0.1) is 0 Å². The predicted molar refractivity (Wildman–Crippen MR) is 105 cm³/mol. The van der Waals surface area contributed by atoms with E-state index in [1.54, 1.807) is 18.2 Å². The van der Waals surface area contributed by atoms with E-state index in [2.05, 4.69) is 15.5 Å². The maximum Gasteiger partial charge on any atom is 0.332 e. The monoisotopic (exact) mass is 400 g/mol. The van der Waals surface area contributed by atoms with Gasteiger partial charge in [-0.05, 0) is 12.1 Å². The van der Waals surface area contributed by atoms with E-state index in [-0.39, 0.29) is 17.7 Å². The first kappa shape index (κ1) is 19.9. The standard InChI is InChI=1S/C18H20N6O5/c1-22-16-14(17(26)23(2)18(22)27)24(10-19-16)9-13(25)21-20-8-11-6-5-7-12(28-3)15(11)29-4/h5-8,10H,9H2,1-4H3,(H,21,25). The number of carbonyl (C=O) groups is 1. The summed E-state index contributed by atoms with van der Waals surface area (Å²) < 4.78 is 14.1. The molecule has 0 bridgehead atoms. The summed E-state index contributed by atoms with van der Waals surface area (Å²) in [5.41, 5.74) is 2.34. The van der Waals surface area contributed by atoms with Crippen LogP contribution in [0.1, 0.15) is 5.56 Å². The number of nitrogens with zero attached hydrogens (tertiary/aromatic N) is 5. The van der Waals surface area contributed by atoms with Gasteiger partial charge in [0, 0.05) is 19.7 Å². The van der Waals surface area contributed by atoms with Crippen LogP contribution < -0.4 is 26.1 Å². The number of fused-ring (bicyclic) bond motifs is 1. The molecule has 152 valence electrons. The van der Waals surface area contributed by atoms with Crippen LogP contribution in [0.15, 0.2) is 39.2 Å². The van der Waals surface area contributed by atoms with Gasteiger partial charge in [0.1, 0.15) is 6.54 Å². The molecule has 3 rings (SSSR count). The van der Waals surface area contributed by atoms with E-state index in [0.29, 0.717) is 17.1 Å². The summed E-state index contributed by atoms with van der Waals surface area (Å²) in [4.78, 5) is 40.7. The predicted octanol–water partition coefficient (Wildman–Crippen LogP) is -0.399. The first-order valence-electron chi connectivity index (χ1n) is 8.52. The van der Waals surface area contributed by atoms with Crippen LogP contribution in [0.25, 0.3) is 11.2 Å². The Kier molecular flexibility index (Phi) is 5.48. The average Bonchev–Trinajstić information content (AvgIpc) is 3.13. The number of benzene rings is 1. The van der Waals surface area contributed by atoms with Gasteiger partial charge in [-0.3, -0.25) is 18.7 Å². The molecule has 2 aromatic heterocycles. The highest BCUT2D eigenvalue weighted by molar-refractivity contribution is 5.86. The molecule has 0 saturated carbocycles. The van der Waals surface area contributed by atoms with Crippen molar-refractivity contribution in [3.63, 3.8) is 0 Å². The van der Waals surface area contributed by atoms with Gasteiger partial charge < -0.3 is 14.0 Å². The number of aromatic nitrogens is 4. The third-order valence-corrected chi connectivity index (χ3v) is 4.36. The van der Waals surface area contributed by atoms with Crippen LogP contribution >= 0.6 is 0 Å². The molecule has 11 nitrogen and oxygen atoms in total. The Morgan fingerprint density at radius 1 is 1.21 bits per heavy atom. The number of nitrogens with one attached hydrogen (secondary N) is 1. The van der Waals surface area contributed by atoms with Crippen molar-refractivity contribution in [1.29, 1.82) is 0 Å². The Hall–Kier alpha value is -3.89. The van der Waals surface area contributed by atoms with Gasteiger partial charge in [-0.25, -0.2) is 15.2 Å². The molecule has 0 aliphatic carbocycles. The highest BCUT2D eigenvalue weighted by Crippen LogP contribution is 2.29. The SMILES string of the molecule is COc1cccc(C=NNC(=O)Cn2cnc3c2c(=O)n(C)c(=O)n3C)c1OC. The number of amides is 1. The van der Waals surface area contributed by atoms with Gasteiger partial charge in [0.05, 0.1) is 26.8 Å². The molecule has 0 atom stereocenters. The van der Waals surface area contributed by atoms with E-state index < -0.39 is 17.2 Å². The number of hydrazone groups is 1. The first-order valence-corrected chi connectivity index (χ1v) is 8.52. The lowest BCUT2D eigenvalue weighted by Crippen LogP contribution is -2.38. The lowest BCUT2D eigenvalue weighted by molar-refractivity contribution is -0.121. The van der Waals surface area contributed by atoms with E-state index in [0.717, 1.165) is 4.57 Å². The smallest absolute Gasteiger partial charge is 0.332 e. The third-order valence-electron chi connectivity index (χ3n) is 4.36. The van der Waals surface area contributed by atoms with Crippen LogP contribution in [0.3, 0.4) is 0 Å². The number of carbonyl (C=O) groups excluding carboxylic acids is 1. The molecule has 11 heteroatoms. The Morgan fingerprint density at radius 2 is 1.97 bits per heavy atom. The van der Waals surface area contributed by atoms with Gasteiger partial charge in [-0.15, -0.1) is 0 Å². The largest absolute Gasteiger partial charge is 0.493 e. The number of para-hydroxylation sites is 1. The molecule has 1 aromatic carbocycles. The minimum atomic E-state index is -0.530. The van der Waals surface area contributed by atoms with Gasteiger partial charge in [-0.1, -0.05) is 6.07 Å². The molecule has 2 heterocycles. The Morgan fingerprint density at radius 3 is 2.66 bits per heavy atom. The Labute approximate surface area is 164 Å². The van der Waals surface area contributed by atoms with Crippen LogP contribution in [-0.4, -0.2) is 45.0 Å². The molecule has 0 radical (unpaired) electrons. The fourth-order valence-corrected chi connectivity index (χ4v) is 2.89. The third kappa shape index (κ3) is 3.61. The van der Waals surface area contributed by atoms with Gasteiger partial charge in [0.15, 0.2) is 22.7 Å². The van der Waals surface area contributed by atoms with Gasteiger partial charge >= 0.3 is 5.69 Å². The molecular formula is C18H20N6O5. The minimum Gasteiger partial charge on any atom is -0.493 e. The van der Waals surface area contributed by atoms with Crippen LogP contribution in [0.5, 0.6) is 11.5 Å². The van der Waals surface area contributed by atoms with Gasteiger partial charge in [0.2, 0.25) is 0 Å². The second-order valence-electron chi connectivity index (χ2n) is 6.13. The fourth-order valence-electron chi connectivity index (χ4n) is 2.89.